The summed E-state index contributed by atoms with van der Waals surface area (Å²) in [6, 6.07) is 7.94. The second-order valence-corrected chi connectivity index (χ2v) is 7.32. The molecule has 0 bridgehead atoms. The molecule has 1 atom stereocenters. The van der Waals surface area contributed by atoms with Crippen LogP contribution < -0.4 is 15.0 Å². The first kappa shape index (κ1) is 19.6. The summed E-state index contributed by atoms with van der Waals surface area (Å²) < 4.78 is 14.8. The van der Waals surface area contributed by atoms with Crippen LogP contribution in [0, 0.1) is 5.92 Å². The van der Waals surface area contributed by atoms with E-state index in [1.807, 2.05) is 24.3 Å². The SMILES string of the molecule is COCCNC(=O)C1CCCN(c2nc(Cc3cccc(OC)c3)ns2)C1. The van der Waals surface area contributed by atoms with Gasteiger partial charge >= 0.3 is 0 Å². The molecule has 1 saturated heterocycles. The van der Waals surface area contributed by atoms with E-state index in [2.05, 4.69) is 14.6 Å². The third kappa shape index (κ3) is 5.40. The number of carbonyl (C=O) groups is 1. The van der Waals surface area contributed by atoms with Crippen molar-refractivity contribution >= 4 is 22.6 Å². The molecule has 27 heavy (non-hydrogen) atoms. The van der Waals surface area contributed by atoms with Crippen molar-refractivity contribution in [1.29, 1.82) is 0 Å². The minimum atomic E-state index is -0.0126. The zero-order chi connectivity index (χ0) is 19.1. The number of benzene rings is 1. The molecule has 1 N–H and O–H groups in total. The molecule has 146 valence electrons. The van der Waals surface area contributed by atoms with Crippen LogP contribution in [0.2, 0.25) is 0 Å². The van der Waals surface area contributed by atoms with Crippen LogP contribution in [0.5, 0.6) is 5.75 Å². The van der Waals surface area contributed by atoms with Crippen molar-refractivity contribution < 1.29 is 14.3 Å². The number of piperidine rings is 1. The van der Waals surface area contributed by atoms with E-state index in [1.165, 1.54) is 11.5 Å². The summed E-state index contributed by atoms with van der Waals surface area (Å²) in [5.41, 5.74) is 1.12. The summed E-state index contributed by atoms with van der Waals surface area (Å²) in [4.78, 5) is 19.2. The van der Waals surface area contributed by atoms with Gasteiger partial charge < -0.3 is 19.7 Å². The molecule has 2 aromatic rings. The first-order chi connectivity index (χ1) is 13.2. The molecule has 1 unspecified atom stereocenters. The highest BCUT2D eigenvalue weighted by Gasteiger charge is 2.27. The average Bonchev–Trinajstić information content (AvgIpc) is 3.17. The minimum absolute atomic E-state index is 0.0126. The first-order valence-corrected chi connectivity index (χ1v) is 9.94. The molecule has 2 heterocycles. The Labute approximate surface area is 163 Å². The van der Waals surface area contributed by atoms with Crippen LogP contribution in [-0.4, -0.2) is 55.7 Å². The third-order valence-electron chi connectivity index (χ3n) is 4.62. The van der Waals surface area contributed by atoms with Gasteiger partial charge in [0.05, 0.1) is 19.6 Å². The average molecular weight is 391 g/mol. The summed E-state index contributed by atoms with van der Waals surface area (Å²) in [5.74, 6) is 1.72. The van der Waals surface area contributed by atoms with Gasteiger partial charge in [-0.15, -0.1) is 0 Å². The van der Waals surface area contributed by atoms with Gasteiger partial charge in [-0.1, -0.05) is 12.1 Å². The van der Waals surface area contributed by atoms with Crippen LogP contribution in [0.4, 0.5) is 5.13 Å². The molecule has 1 aromatic carbocycles. The van der Waals surface area contributed by atoms with Crippen molar-refractivity contribution in [3.8, 4) is 5.75 Å². The maximum atomic E-state index is 12.3. The van der Waals surface area contributed by atoms with Crippen LogP contribution in [-0.2, 0) is 16.0 Å². The van der Waals surface area contributed by atoms with E-state index >= 15 is 0 Å². The molecule has 0 saturated carbocycles. The summed E-state index contributed by atoms with van der Waals surface area (Å²) in [6.45, 7) is 2.68. The molecule has 1 amide bonds. The molecule has 1 aliphatic rings. The van der Waals surface area contributed by atoms with Gasteiger partial charge in [0.1, 0.15) is 11.6 Å². The van der Waals surface area contributed by atoms with Crippen molar-refractivity contribution in [3.05, 3.63) is 35.7 Å². The fraction of sp³-hybridized carbons (Fsp3) is 0.526. The molecular weight excluding hydrogens is 364 g/mol. The molecule has 0 aliphatic carbocycles. The minimum Gasteiger partial charge on any atom is -0.497 e. The zero-order valence-electron chi connectivity index (χ0n) is 15.8. The Bertz CT molecular complexity index is 752. The highest BCUT2D eigenvalue weighted by atomic mass is 32.1. The monoisotopic (exact) mass is 390 g/mol. The van der Waals surface area contributed by atoms with Crippen LogP contribution in [0.1, 0.15) is 24.2 Å². The van der Waals surface area contributed by atoms with Gasteiger partial charge in [-0.2, -0.15) is 4.37 Å². The van der Waals surface area contributed by atoms with Gasteiger partial charge in [0.15, 0.2) is 0 Å². The number of methoxy groups -OCH3 is 2. The summed E-state index contributed by atoms with van der Waals surface area (Å²) in [7, 11) is 3.30. The molecule has 1 aliphatic heterocycles. The highest BCUT2D eigenvalue weighted by molar-refractivity contribution is 7.09. The van der Waals surface area contributed by atoms with E-state index in [4.69, 9.17) is 14.5 Å². The first-order valence-electron chi connectivity index (χ1n) is 9.16. The number of hydrogen-bond donors (Lipinski definition) is 1. The maximum absolute atomic E-state index is 12.3. The molecule has 8 heteroatoms. The fourth-order valence-corrected chi connectivity index (χ4v) is 3.92. The van der Waals surface area contributed by atoms with Gasteiger partial charge in [0.2, 0.25) is 11.0 Å². The fourth-order valence-electron chi connectivity index (χ4n) is 3.20. The van der Waals surface area contributed by atoms with E-state index in [0.29, 0.717) is 26.1 Å². The molecule has 1 fully saturated rings. The van der Waals surface area contributed by atoms with Crippen molar-refractivity contribution in [3.63, 3.8) is 0 Å². The van der Waals surface area contributed by atoms with Crippen LogP contribution in [0.15, 0.2) is 24.3 Å². The number of aromatic nitrogens is 2. The second kappa shape index (κ2) is 9.66. The molecule has 1 aromatic heterocycles. The Balaban J connectivity index is 1.59. The van der Waals surface area contributed by atoms with E-state index in [1.54, 1.807) is 14.2 Å². The summed E-state index contributed by atoms with van der Waals surface area (Å²) in [6.07, 6.45) is 2.56. The number of anilines is 1. The molecule has 7 nitrogen and oxygen atoms in total. The van der Waals surface area contributed by atoms with E-state index in [9.17, 15) is 4.79 Å². The number of nitrogens with one attached hydrogen (secondary N) is 1. The lowest BCUT2D eigenvalue weighted by atomic mass is 9.97. The normalized spacial score (nSPS) is 17.0. The predicted octanol–water partition coefficient (Wildman–Crippen LogP) is 2.12. The number of carbonyl (C=O) groups excluding carboxylic acids is 1. The Kier molecular flexibility index (Phi) is 7.00. The Morgan fingerprint density at radius 1 is 1.41 bits per heavy atom. The molecule has 0 spiro atoms. The van der Waals surface area contributed by atoms with Gasteiger partial charge in [-0.3, -0.25) is 4.79 Å². The van der Waals surface area contributed by atoms with Crippen LogP contribution >= 0.6 is 11.5 Å². The lowest BCUT2D eigenvalue weighted by Gasteiger charge is -2.31. The standard InChI is InChI=1S/C19H26N4O3S/c1-25-10-8-20-18(24)15-6-4-9-23(13-15)19-21-17(22-27-19)12-14-5-3-7-16(11-14)26-2/h3,5,7,11,15H,4,6,8-10,12-13H2,1-2H3,(H,20,24). The van der Waals surface area contributed by atoms with Crippen molar-refractivity contribution in [1.82, 2.24) is 14.7 Å². The Morgan fingerprint density at radius 2 is 2.30 bits per heavy atom. The van der Waals surface area contributed by atoms with Crippen LogP contribution in [0.25, 0.3) is 0 Å². The number of rotatable bonds is 8. The van der Waals surface area contributed by atoms with Crippen molar-refractivity contribution in [2.45, 2.75) is 19.3 Å². The molecule has 0 radical (unpaired) electrons. The number of ether oxygens (including phenoxy) is 2. The van der Waals surface area contributed by atoms with Gasteiger partial charge in [0, 0.05) is 44.7 Å². The molecule has 3 rings (SSSR count). The van der Waals surface area contributed by atoms with E-state index in [-0.39, 0.29) is 11.8 Å². The summed E-state index contributed by atoms with van der Waals surface area (Å²) >= 11 is 1.40. The summed E-state index contributed by atoms with van der Waals surface area (Å²) in [5, 5.41) is 3.83. The van der Waals surface area contributed by atoms with Gasteiger partial charge in [-0.25, -0.2) is 4.98 Å². The zero-order valence-corrected chi connectivity index (χ0v) is 16.6. The topological polar surface area (TPSA) is 76.6 Å². The number of nitrogens with zero attached hydrogens (tertiary/aromatic N) is 3. The van der Waals surface area contributed by atoms with Gasteiger partial charge in [-0.05, 0) is 30.5 Å². The Hall–Kier alpha value is -2.19. The van der Waals surface area contributed by atoms with Crippen molar-refractivity contribution in [2.24, 2.45) is 5.92 Å². The largest absolute Gasteiger partial charge is 0.497 e. The number of hydrogen-bond acceptors (Lipinski definition) is 7. The highest BCUT2D eigenvalue weighted by Crippen LogP contribution is 2.26. The lowest BCUT2D eigenvalue weighted by molar-refractivity contribution is -0.125. The second-order valence-electron chi connectivity index (χ2n) is 6.59. The predicted molar refractivity (Wildman–Crippen MR) is 106 cm³/mol. The Morgan fingerprint density at radius 3 is 3.11 bits per heavy atom. The van der Waals surface area contributed by atoms with Crippen molar-refractivity contribution in [2.75, 3.05) is 45.4 Å². The maximum Gasteiger partial charge on any atom is 0.224 e. The molecular formula is C19H26N4O3S. The van der Waals surface area contributed by atoms with Crippen LogP contribution in [0.3, 0.4) is 0 Å². The third-order valence-corrected chi connectivity index (χ3v) is 5.44. The van der Waals surface area contributed by atoms with Gasteiger partial charge in [0.25, 0.3) is 0 Å². The van der Waals surface area contributed by atoms with E-state index < -0.39 is 0 Å². The lowest BCUT2D eigenvalue weighted by Crippen LogP contribution is -2.43. The quantitative estimate of drug-likeness (QED) is 0.696. The number of amides is 1. The smallest absolute Gasteiger partial charge is 0.224 e. The van der Waals surface area contributed by atoms with E-state index in [0.717, 1.165) is 41.7 Å².